The van der Waals surface area contributed by atoms with Crippen LogP contribution in [0, 0.1) is 5.41 Å². The van der Waals surface area contributed by atoms with Crippen molar-refractivity contribution in [3.8, 4) is 0 Å². The molecule has 1 aromatic carbocycles. The Kier molecular flexibility index (Phi) is 5.91. The normalized spacial score (nSPS) is 10.1. The van der Waals surface area contributed by atoms with Crippen LogP contribution in [0.3, 0.4) is 0 Å². The number of unbranched alkanes of at least 4 members (excludes halogenated alkanes) is 1. The average molecular weight is 248 g/mol. The number of nitrogen functional groups attached to an aromatic ring is 1. The van der Waals surface area contributed by atoms with E-state index in [2.05, 4.69) is 0 Å². The molecule has 0 bridgehead atoms. The molecule has 0 saturated heterocycles. The van der Waals surface area contributed by atoms with Crippen molar-refractivity contribution in [2.45, 2.75) is 32.6 Å². The Hall–Kier alpha value is -1.84. The van der Waals surface area contributed by atoms with Crippen molar-refractivity contribution in [2.24, 2.45) is 5.73 Å². The third-order valence-electron chi connectivity index (χ3n) is 2.67. The SMILES string of the molecule is CCOC(=O)CCCCc1ccc(C(=N)N)cc1. The van der Waals surface area contributed by atoms with Gasteiger partial charge < -0.3 is 10.5 Å². The summed E-state index contributed by atoms with van der Waals surface area (Å²) in [4.78, 5) is 11.1. The van der Waals surface area contributed by atoms with E-state index in [1.165, 1.54) is 5.56 Å². The van der Waals surface area contributed by atoms with Gasteiger partial charge in [-0.05, 0) is 31.7 Å². The fourth-order valence-electron chi connectivity index (χ4n) is 1.68. The summed E-state index contributed by atoms with van der Waals surface area (Å²) in [5, 5.41) is 7.29. The van der Waals surface area contributed by atoms with Gasteiger partial charge in [-0.3, -0.25) is 10.2 Å². The molecule has 0 unspecified atom stereocenters. The van der Waals surface area contributed by atoms with E-state index in [1.54, 1.807) is 0 Å². The summed E-state index contributed by atoms with van der Waals surface area (Å²) in [6, 6.07) is 7.65. The fourth-order valence-corrected chi connectivity index (χ4v) is 1.68. The van der Waals surface area contributed by atoms with E-state index >= 15 is 0 Å². The van der Waals surface area contributed by atoms with E-state index in [-0.39, 0.29) is 11.8 Å². The lowest BCUT2D eigenvalue weighted by molar-refractivity contribution is -0.143. The van der Waals surface area contributed by atoms with E-state index in [1.807, 2.05) is 31.2 Å². The van der Waals surface area contributed by atoms with Crippen molar-refractivity contribution in [3.05, 3.63) is 35.4 Å². The fraction of sp³-hybridized carbons (Fsp3) is 0.429. The molecule has 3 N–H and O–H groups in total. The van der Waals surface area contributed by atoms with E-state index in [0.29, 0.717) is 13.0 Å². The monoisotopic (exact) mass is 248 g/mol. The maximum Gasteiger partial charge on any atom is 0.305 e. The van der Waals surface area contributed by atoms with Crippen molar-refractivity contribution in [2.75, 3.05) is 6.61 Å². The topological polar surface area (TPSA) is 76.2 Å². The van der Waals surface area contributed by atoms with Crippen LogP contribution >= 0.6 is 0 Å². The number of nitrogens with one attached hydrogen (secondary N) is 1. The molecule has 4 nitrogen and oxygen atoms in total. The number of rotatable bonds is 7. The van der Waals surface area contributed by atoms with Gasteiger partial charge in [-0.15, -0.1) is 0 Å². The first-order valence-electron chi connectivity index (χ1n) is 6.22. The Morgan fingerprint density at radius 2 is 1.94 bits per heavy atom. The molecule has 1 aromatic rings. The molecule has 0 aliphatic carbocycles. The minimum atomic E-state index is -0.121. The van der Waals surface area contributed by atoms with Gasteiger partial charge in [0.15, 0.2) is 0 Å². The van der Waals surface area contributed by atoms with Crippen molar-refractivity contribution in [1.29, 1.82) is 5.41 Å². The van der Waals surface area contributed by atoms with E-state index in [4.69, 9.17) is 15.9 Å². The first-order valence-corrected chi connectivity index (χ1v) is 6.22. The smallest absolute Gasteiger partial charge is 0.305 e. The summed E-state index contributed by atoms with van der Waals surface area (Å²) in [5.74, 6) is -0.0340. The lowest BCUT2D eigenvalue weighted by Gasteiger charge is -2.04. The number of aryl methyl sites for hydroxylation is 1. The number of hydrogen-bond donors (Lipinski definition) is 2. The summed E-state index contributed by atoms with van der Waals surface area (Å²) in [7, 11) is 0. The van der Waals surface area contributed by atoms with Crippen LogP contribution in [0.15, 0.2) is 24.3 Å². The zero-order chi connectivity index (χ0) is 13.4. The number of carbonyl (C=O) groups excluding carboxylic acids is 1. The van der Waals surface area contributed by atoms with Gasteiger partial charge in [0.05, 0.1) is 6.61 Å². The maximum atomic E-state index is 11.1. The highest BCUT2D eigenvalue weighted by Crippen LogP contribution is 2.09. The minimum Gasteiger partial charge on any atom is -0.466 e. The van der Waals surface area contributed by atoms with Crippen molar-refractivity contribution >= 4 is 11.8 Å². The predicted octanol–water partition coefficient (Wildman–Crippen LogP) is 2.25. The molecule has 0 spiro atoms. The molecule has 0 aliphatic heterocycles. The number of ether oxygens (including phenoxy) is 1. The molecule has 0 radical (unpaired) electrons. The van der Waals surface area contributed by atoms with Crippen LogP contribution in [0.4, 0.5) is 0 Å². The molecule has 0 fully saturated rings. The molecule has 0 aliphatic rings. The number of amidine groups is 1. The number of esters is 1. The van der Waals surface area contributed by atoms with Gasteiger partial charge in [-0.25, -0.2) is 0 Å². The van der Waals surface area contributed by atoms with Gasteiger partial charge in [0.25, 0.3) is 0 Å². The Bertz CT molecular complexity index is 399. The summed E-state index contributed by atoms with van der Waals surface area (Å²) in [5.41, 5.74) is 7.32. The Morgan fingerprint density at radius 3 is 2.50 bits per heavy atom. The van der Waals surface area contributed by atoms with Gasteiger partial charge in [0, 0.05) is 12.0 Å². The molecule has 18 heavy (non-hydrogen) atoms. The largest absolute Gasteiger partial charge is 0.466 e. The second kappa shape index (κ2) is 7.48. The molecule has 0 amide bonds. The van der Waals surface area contributed by atoms with E-state index in [9.17, 15) is 4.79 Å². The maximum absolute atomic E-state index is 11.1. The predicted molar refractivity (Wildman–Crippen MR) is 71.6 cm³/mol. The van der Waals surface area contributed by atoms with Crippen molar-refractivity contribution in [3.63, 3.8) is 0 Å². The lowest BCUT2D eigenvalue weighted by Crippen LogP contribution is -2.10. The molecule has 4 heteroatoms. The van der Waals surface area contributed by atoms with Crippen LogP contribution < -0.4 is 5.73 Å². The highest BCUT2D eigenvalue weighted by molar-refractivity contribution is 5.94. The van der Waals surface area contributed by atoms with E-state index in [0.717, 1.165) is 24.8 Å². The van der Waals surface area contributed by atoms with Crippen LogP contribution in [-0.2, 0) is 16.0 Å². The van der Waals surface area contributed by atoms with Crippen LogP contribution in [-0.4, -0.2) is 18.4 Å². The summed E-state index contributed by atoms with van der Waals surface area (Å²) in [6.45, 7) is 2.26. The van der Waals surface area contributed by atoms with Gasteiger partial charge in [0.2, 0.25) is 0 Å². The molecular weight excluding hydrogens is 228 g/mol. The van der Waals surface area contributed by atoms with Gasteiger partial charge >= 0.3 is 5.97 Å². The third-order valence-corrected chi connectivity index (χ3v) is 2.67. The first kappa shape index (κ1) is 14.2. The number of benzene rings is 1. The summed E-state index contributed by atoms with van der Waals surface area (Å²) >= 11 is 0. The Labute approximate surface area is 108 Å². The van der Waals surface area contributed by atoms with Crippen molar-refractivity contribution in [1.82, 2.24) is 0 Å². The summed E-state index contributed by atoms with van der Waals surface area (Å²) < 4.78 is 4.86. The highest BCUT2D eigenvalue weighted by atomic mass is 16.5. The van der Waals surface area contributed by atoms with Crippen LogP contribution in [0.1, 0.15) is 37.3 Å². The standard InChI is InChI=1S/C14H20N2O2/c1-2-18-13(17)6-4-3-5-11-7-9-12(10-8-11)14(15)16/h7-10H,2-6H2,1H3,(H3,15,16). The van der Waals surface area contributed by atoms with Crippen LogP contribution in [0.2, 0.25) is 0 Å². The van der Waals surface area contributed by atoms with Gasteiger partial charge in [0.1, 0.15) is 5.84 Å². The molecule has 0 saturated carbocycles. The molecule has 0 atom stereocenters. The number of nitrogens with two attached hydrogens (primary N) is 1. The quantitative estimate of drug-likeness (QED) is 0.336. The molecule has 0 heterocycles. The first-order chi connectivity index (χ1) is 8.63. The average Bonchev–Trinajstić information content (AvgIpc) is 2.35. The summed E-state index contributed by atoms with van der Waals surface area (Å²) in [6.07, 6.45) is 3.21. The number of carbonyl (C=O) groups is 1. The molecular formula is C14H20N2O2. The Morgan fingerprint density at radius 1 is 1.28 bits per heavy atom. The lowest BCUT2D eigenvalue weighted by atomic mass is 10.0. The second-order valence-corrected chi connectivity index (χ2v) is 4.12. The molecule has 1 rings (SSSR count). The zero-order valence-corrected chi connectivity index (χ0v) is 10.7. The van der Waals surface area contributed by atoms with E-state index < -0.39 is 0 Å². The molecule has 0 aromatic heterocycles. The van der Waals surface area contributed by atoms with Gasteiger partial charge in [-0.2, -0.15) is 0 Å². The second-order valence-electron chi connectivity index (χ2n) is 4.12. The van der Waals surface area contributed by atoms with Crippen LogP contribution in [0.5, 0.6) is 0 Å². The van der Waals surface area contributed by atoms with Crippen LogP contribution in [0.25, 0.3) is 0 Å². The Balaban J connectivity index is 2.27. The van der Waals surface area contributed by atoms with Gasteiger partial charge in [-0.1, -0.05) is 24.3 Å². The third kappa shape index (κ3) is 4.99. The van der Waals surface area contributed by atoms with Crippen molar-refractivity contribution < 1.29 is 9.53 Å². The zero-order valence-electron chi connectivity index (χ0n) is 10.7. The highest BCUT2D eigenvalue weighted by Gasteiger charge is 2.01. The molecule has 98 valence electrons. The minimum absolute atomic E-state index is 0.0869. The number of hydrogen-bond acceptors (Lipinski definition) is 3.